The lowest BCUT2D eigenvalue weighted by molar-refractivity contribution is -0.136. The van der Waals surface area contributed by atoms with E-state index in [9.17, 15) is 14.4 Å². The number of aryl methyl sites for hydroxylation is 1. The first kappa shape index (κ1) is 23.2. The molecule has 3 fully saturated rings. The molecule has 3 amide bonds. The predicted octanol–water partition coefficient (Wildman–Crippen LogP) is 2.94. The van der Waals surface area contributed by atoms with Crippen molar-refractivity contribution in [1.29, 1.82) is 0 Å². The van der Waals surface area contributed by atoms with E-state index in [0.29, 0.717) is 30.5 Å². The molecule has 0 bridgehead atoms. The Balaban J connectivity index is 1.12. The zero-order valence-corrected chi connectivity index (χ0v) is 20.6. The Morgan fingerprint density at radius 2 is 1.86 bits per heavy atom. The van der Waals surface area contributed by atoms with Crippen LogP contribution in [0.25, 0.3) is 0 Å². The topological polar surface area (TPSA) is 91.8 Å². The summed E-state index contributed by atoms with van der Waals surface area (Å²) in [5.41, 5.74) is 3.93. The quantitative estimate of drug-likeness (QED) is 0.651. The summed E-state index contributed by atoms with van der Waals surface area (Å²) in [6, 6.07) is 9.79. The number of likely N-dealkylation sites (tertiary alicyclic amines) is 1. The number of hydrogen-bond donors (Lipinski definition) is 1. The monoisotopic (exact) mass is 488 g/mol. The fraction of sp³-hybridized carbons (Fsp3) is 0.500. The average Bonchev–Trinajstić information content (AvgIpc) is 3.15. The third-order valence-corrected chi connectivity index (χ3v) is 8.22. The van der Waals surface area contributed by atoms with Crippen molar-refractivity contribution >= 4 is 17.7 Å². The van der Waals surface area contributed by atoms with Crippen molar-refractivity contribution < 1.29 is 19.1 Å². The van der Waals surface area contributed by atoms with E-state index in [1.54, 1.807) is 4.90 Å². The number of piperidine rings is 1. The summed E-state index contributed by atoms with van der Waals surface area (Å²) in [6.07, 6.45) is 7.20. The molecule has 1 saturated carbocycles. The van der Waals surface area contributed by atoms with E-state index in [0.717, 1.165) is 49.4 Å². The van der Waals surface area contributed by atoms with Gasteiger partial charge in [-0.1, -0.05) is 6.42 Å². The van der Waals surface area contributed by atoms with Crippen LogP contribution in [-0.4, -0.2) is 63.8 Å². The Hall–Kier alpha value is -3.26. The lowest BCUT2D eigenvalue weighted by atomic mass is 9.84. The summed E-state index contributed by atoms with van der Waals surface area (Å²) in [6.45, 7) is 4.51. The zero-order chi connectivity index (χ0) is 24.8. The number of hydrogen-bond acceptors (Lipinski definition) is 6. The number of nitrogens with zero attached hydrogens (tertiary/aromatic N) is 3. The Morgan fingerprint density at radius 3 is 2.67 bits per heavy atom. The van der Waals surface area contributed by atoms with Gasteiger partial charge in [0.2, 0.25) is 11.8 Å². The number of nitrogens with one attached hydrogen (secondary N) is 1. The molecule has 1 aromatic heterocycles. The molecule has 1 unspecified atom stereocenters. The molecule has 2 saturated heterocycles. The highest BCUT2D eigenvalue weighted by Gasteiger charge is 2.41. The minimum absolute atomic E-state index is 0.125. The van der Waals surface area contributed by atoms with Gasteiger partial charge in [-0.05, 0) is 74.1 Å². The van der Waals surface area contributed by atoms with Crippen molar-refractivity contribution in [3.8, 4) is 5.75 Å². The van der Waals surface area contributed by atoms with Crippen molar-refractivity contribution in [3.63, 3.8) is 0 Å². The van der Waals surface area contributed by atoms with Crippen LogP contribution in [0.15, 0.2) is 36.5 Å². The van der Waals surface area contributed by atoms with Gasteiger partial charge in [-0.25, -0.2) is 0 Å². The van der Waals surface area contributed by atoms with Gasteiger partial charge in [0.25, 0.3) is 5.91 Å². The number of carbonyl (C=O) groups excluding carboxylic acids is 3. The molecular weight excluding hydrogens is 456 g/mol. The molecule has 8 heteroatoms. The van der Waals surface area contributed by atoms with Crippen LogP contribution in [0.5, 0.6) is 5.75 Å². The predicted molar refractivity (Wildman–Crippen MR) is 132 cm³/mol. The Kier molecular flexibility index (Phi) is 5.99. The minimum atomic E-state index is -0.599. The maximum absolute atomic E-state index is 13.0. The van der Waals surface area contributed by atoms with E-state index in [1.165, 1.54) is 12.0 Å². The standard InChI is InChI=1S/C28H32N4O4/c1-17-12-18(10-11-29-17)20-14-31(15-20)23-4-2-3-5-25(23)36-21-6-7-22-19(13-21)16-32(28(22)35)24-8-9-26(33)30-27(24)34/h6-7,10-13,20,23-25H,2-5,8-9,14-16H2,1H3,(H,30,33,34)/t23-,24?,25-/m1/s1. The van der Waals surface area contributed by atoms with Crippen LogP contribution in [0.2, 0.25) is 0 Å². The van der Waals surface area contributed by atoms with Crippen LogP contribution in [0.4, 0.5) is 0 Å². The molecule has 4 heterocycles. The largest absolute Gasteiger partial charge is 0.489 e. The van der Waals surface area contributed by atoms with Crippen molar-refractivity contribution in [2.24, 2.45) is 0 Å². The number of fused-ring (bicyclic) bond motifs is 1. The average molecular weight is 489 g/mol. The lowest BCUT2D eigenvalue weighted by Gasteiger charge is -2.48. The Labute approximate surface area is 211 Å². The van der Waals surface area contributed by atoms with E-state index in [-0.39, 0.29) is 30.2 Å². The second kappa shape index (κ2) is 9.32. The fourth-order valence-electron chi connectivity index (χ4n) is 6.25. The van der Waals surface area contributed by atoms with Gasteiger partial charge in [0.1, 0.15) is 17.9 Å². The number of benzene rings is 1. The number of imide groups is 1. The summed E-state index contributed by atoms with van der Waals surface area (Å²) in [4.78, 5) is 45.3. The maximum atomic E-state index is 13.0. The van der Waals surface area contributed by atoms with E-state index >= 15 is 0 Å². The summed E-state index contributed by atoms with van der Waals surface area (Å²) < 4.78 is 6.56. The molecule has 3 atom stereocenters. The highest BCUT2D eigenvalue weighted by atomic mass is 16.5. The molecule has 0 spiro atoms. The van der Waals surface area contributed by atoms with Crippen LogP contribution in [0.3, 0.4) is 0 Å². The van der Waals surface area contributed by atoms with Gasteiger partial charge in [-0.15, -0.1) is 0 Å². The van der Waals surface area contributed by atoms with Crippen molar-refractivity contribution in [3.05, 3.63) is 58.9 Å². The number of aromatic nitrogens is 1. The third kappa shape index (κ3) is 4.28. The smallest absolute Gasteiger partial charge is 0.255 e. The molecule has 6 rings (SSSR count). The summed E-state index contributed by atoms with van der Waals surface area (Å²) in [5.74, 6) is 0.523. The van der Waals surface area contributed by atoms with Gasteiger partial charge in [0.15, 0.2) is 0 Å². The molecule has 3 aliphatic heterocycles. The highest BCUT2D eigenvalue weighted by molar-refractivity contribution is 6.05. The summed E-state index contributed by atoms with van der Waals surface area (Å²) in [5, 5.41) is 2.36. The number of carbonyl (C=O) groups is 3. The molecule has 8 nitrogen and oxygen atoms in total. The first-order valence-electron chi connectivity index (χ1n) is 13.1. The van der Waals surface area contributed by atoms with E-state index in [1.807, 2.05) is 31.3 Å². The minimum Gasteiger partial charge on any atom is -0.489 e. The van der Waals surface area contributed by atoms with E-state index in [2.05, 4.69) is 27.3 Å². The van der Waals surface area contributed by atoms with Crippen LogP contribution < -0.4 is 10.1 Å². The summed E-state index contributed by atoms with van der Waals surface area (Å²) in [7, 11) is 0. The van der Waals surface area contributed by atoms with Crippen LogP contribution in [0.1, 0.15) is 71.6 Å². The van der Waals surface area contributed by atoms with Gasteiger partial charge >= 0.3 is 0 Å². The van der Waals surface area contributed by atoms with Gasteiger partial charge in [-0.3, -0.25) is 29.6 Å². The van der Waals surface area contributed by atoms with Crippen LogP contribution in [-0.2, 0) is 16.1 Å². The van der Waals surface area contributed by atoms with Crippen molar-refractivity contribution in [1.82, 2.24) is 20.1 Å². The van der Waals surface area contributed by atoms with Gasteiger partial charge in [0.05, 0.1) is 0 Å². The Bertz CT molecular complexity index is 1210. The van der Waals surface area contributed by atoms with Crippen molar-refractivity contribution in [2.45, 2.75) is 76.1 Å². The molecule has 2 aromatic rings. The molecular formula is C28H32N4O4. The van der Waals surface area contributed by atoms with E-state index in [4.69, 9.17) is 4.74 Å². The fourth-order valence-corrected chi connectivity index (χ4v) is 6.25. The SMILES string of the molecule is Cc1cc(C2CN([C@@H]3CCCC[C@H]3Oc3ccc4c(c3)CN(C3CCC(=O)NC3=O)C4=O)C2)ccn1. The zero-order valence-electron chi connectivity index (χ0n) is 20.6. The Morgan fingerprint density at radius 1 is 1.03 bits per heavy atom. The van der Waals surface area contributed by atoms with Crippen LogP contribution >= 0.6 is 0 Å². The van der Waals surface area contributed by atoms with Crippen molar-refractivity contribution in [2.75, 3.05) is 13.1 Å². The second-order valence-electron chi connectivity index (χ2n) is 10.6. The first-order valence-corrected chi connectivity index (χ1v) is 13.1. The first-order chi connectivity index (χ1) is 17.5. The molecule has 4 aliphatic rings. The number of pyridine rings is 1. The normalized spacial score (nSPS) is 27.0. The number of amides is 3. The lowest BCUT2D eigenvalue weighted by Crippen LogP contribution is -2.57. The third-order valence-electron chi connectivity index (χ3n) is 8.22. The highest BCUT2D eigenvalue weighted by Crippen LogP contribution is 2.36. The van der Waals surface area contributed by atoms with Gasteiger partial charge < -0.3 is 9.64 Å². The molecule has 188 valence electrons. The molecule has 1 aromatic carbocycles. The van der Waals surface area contributed by atoms with E-state index < -0.39 is 6.04 Å². The number of rotatable bonds is 5. The molecule has 0 radical (unpaired) electrons. The molecule has 1 aliphatic carbocycles. The second-order valence-corrected chi connectivity index (χ2v) is 10.6. The van der Waals surface area contributed by atoms with Gasteiger partial charge in [0, 0.05) is 55.5 Å². The van der Waals surface area contributed by atoms with Crippen LogP contribution in [0, 0.1) is 6.92 Å². The molecule has 1 N–H and O–H groups in total. The molecule has 36 heavy (non-hydrogen) atoms. The number of ether oxygens (including phenoxy) is 1. The maximum Gasteiger partial charge on any atom is 0.255 e. The van der Waals surface area contributed by atoms with Gasteiger partial charge in [-0.2, -0.15) is 0 Å². The summed E-state index contributed by atoms with van der Waals surface area (Å²) >= 11 is 0.